The van der Waals surface area contributed by atoms with Crippen molar-refractivity contribution >= 4 is 11.9 Å². The molecule has 1 aromatic rings. The molecule has 0 spiro atoms. The summed E-state index contributed by atoms with van der Waals surface area (Å²) in [6, 6.07) is 4.64. The highest BCUT2D eigenvalue weighted by molar-refractivity contribution is 5.74. The number of nitrogens with zero attached hydrogens (tertiary/aromatic N) is 1. The third-order valence-corrected chi connectivity index (χ3v) is 4.99. The Kier molecular flexibility index (Phi) is 2.19. The molecule has 3 aliphatic heterocycles. The summed E-state index contributed by atoms with van der Waals surface area (Å²) in [5.74, 6) is 2.10. The normalized spacial score (nSPS) is 30.8. The molecule has 2 nitrogen and oxygen atoms in total. The predicted molar refractivity (Wildman–Crippen MR) is 83.7 cm³/mol. The number of hydrogen-bond acceptors (Lipinski definition) is 1. The van der Waals surface area contributed by atoms with E-state index < -0.39 is 0 Å². The van der Waals surface area contributed by atoms with Crippen molar-refractivity contribution < 1.29 is 9.31 Å². The van der Waals surface area contributed by atoms with Gasteiger partial charge in [-0.15, -0.1) is 0 Å². The highest BCUT2D eigenvalue weighted by Gasteiger charge is 2.38. The molecule has 0 fully saturated rings. The predicted octanol–water partition coefficient (Wildman–Crippen LogP) is 3.63. The van der Waals surface area contributed by atoms with Crippen molar-refractivity contribution in [2.24, 2.45) is 5.92 Å². The van der Waals surface area contributed by atoms with Crippen LogP contribution in [0.5, 0.6) is 5.75 Å². The molecule has 3 unspecified atom stereocenters. The molecular weight excluding hydrogens is 258 g/mol. The summed E-state index contributed by atoms with van der Waals surface area (Å²) in [5.41, 5.74) is 5.55. The quantitative estimate of drug-likeness (QED) is 0.659. The zero-order chi connectivity index (χ0) is 14.0. The fourth-order valence-electron chi connectivity index (χ4n) is 3.95. The largest absolute Gasteiger partial charge is 0.485 e. The fraction of sp³-hybridized carbons (Fsp3) is 0.316. The minimum atomic E-state index is 0.190. The summed E-state index contributed by atoms with van der Waals surface area (Å²) in [6.45, 7) is 3.27. The van der Waals surface area contributed by atoms with Crippen molar-refractivity contribution in [2.45, 2.75) is 31.9 Å². The Bertz CT molecular complexity index is 766. The van der Waals surface area contributed by atoms with Crippen LogP contribution < -0.4 is 4.74 Å². The van der Waals surface area contributed by atoms with Gasteiger partial charge in [0.2, 0.25) is 5.70 Å². The van der Waals surface area contributed by atoms with Gasteiger partial charge in [-0.05, 0) is 30.7 Å². The number of ether oxygens (including phenoxy) is 1. The van der Waals surface area contributed by atoms with E-state index in [0.717, 1.165) is 18.7 Å². The number of rotatable bonds is 0. The first kappa shape index (κ1) is 11.6. The SMILES string of the molecule is CC1C=[N+]2Cc3cc4c(cc3C2=CC1)C1C=CC=CC1O4. The second kappa shape index (κ2) is 3.97. The summed E-state index contributed by atoms with van der Waals surface area (Å²) >= 11 is 0. The molecule has 1 aromatic carbocycles. The van der Waals surface area contributed by atoms with Crippen molar-refractivity contribution in [1.82, 2.24) is 0 Å². The van der Waals surface area contributed by atoms with E-state index in [9.17, 15) is 0 Å². The van der Waals surface area contributed by atoms with E-state index in [1.165, 1.54) is 22.4 Å². The Labute approximate surface area is 124 Å². The first-order valence-electron chi connectivity index (χ1n) is 7.80. The topological polar surface area (TPSA) is 12.2 Å². The van der Waals surface area contributed by atoms with Gasteiger partial charge in [-0.2, -0.15) is 4.58 Å². The number of fused-ring (bicyclic) bond motifs is 6. The molecule has 0 saturated carbocycles. The molecule has 0 N–H and O–H groups in total. The molecule has 21 heavy (non-hydrogen) atoms. The standard InChI is InChI=1S/C19H18NO/c1-12-6-7-17-15-9-16-14-4-2-3-5-18(14)21-19(16)8-13(15)11-20(17)10-12/h2-5,7-10,12,14,18H,6,11H2,1H3/q+1. The Balaban J connectivity index is 1.64. The van der Waals surface area contributed by atoms with Gasteiger partial charge in [-0.3, -0.25) is 0 Å². The Morgan fingerprint density at radius 2 is 2.10 bits per heavy atom. The molecule has 5 rings (SSSR count). The van der Waals surface area contributed by atoms with Gasteiger partial charge < -0.3 is 4.74 Å². The fourth-order valence-corrected chi connectivity index (χ4v) is 3.95. The number of benzene rings is 1. The van der Waals surface area contributed by atoms with E-state index in [-0.39, 0.29) is 6.10 Å². The average molecular weight is 276 g/mol. The van der Waals surface area contributed by atoms with Crippen LogP contribution in [0.15, 0.2) is 42.5 Å². The minimum Gasteiger partial charge on any atom is -0.485 e. The van der Waals surface area contributed by atoms with Crippen LogP contribution in [0.3, 0.4) is 0 Å². The molecule has 3 heterocycles. The first-order valence-corrected chi connectivity index (χ1v) is 7.80. The molecule has 2 heteroatoms. The van der Waals surface area contributed by atoms with E-state index in [1.807, 2.05) is 0 Å². The highest BCUT2D eigenvalue weighted by atomic mass is 16.5. The Morgan fingerprint density at radius 1 is 1.19 bits per heavy atom. The van der Waals surface area contributed by atoms with Crippen molar-refractivity contribution in [3.63, 3.8) is 0 Å². The lowest BCUT2D eigenvalue weighted by Crippen LogP contribution is -2.15. The average Bonchev–Trinajstić information content (AvgIpc) is 3.01. The summed E-state index contributed by atoms with van der Waals surface area (Å²) in [5, 5.41) is 0. The van der Waals surface area contributed by atoms with Gasteiger partial charge in [0, 0.05) is 23.0 Å². The maximum Gasteiger partial charge on any atom is 0.209 e. The lowest BCUT2D eigenvalue weighted by Gasteiger charge is -2.14. The monoisotopic (exact) mass is 276 g/mol. The minimum absolute atomic E-state index is 0.190. The number of allylic oxidation sites excluding steroid dienone is 3. The lowest BCUT2D eigenvalue weighted by molar-refractivity contribution is -0.440. The maximum absolute atomic E-state index is 6.12. The lowest BCUT2D eigenvalue weighted by atomic mass is 9.90. The zero-order valence-corrected chi connectivity index (χ0v) is 12.1. The second-order valence-electron chi connectivity index (χ2n) is 6.50. The zero-order valence-electron chi connectivity index (χ0n) is 12.1. The van der Waals surface area contributed by atoms with Gasteiger partial charge in [0.25, 0.3) is 0 Å². The van der Waals surface area contributed by atoms with Crippen LogP contribution in [0, 0.1) is 5.92 Å². The second-order valence-corrected chi connectivity index (χ2v) is 6.50. The smallest absolute Gasteiger partial charge is 0.209 e. The molecule has 0 amide bonds. The van der Waals surface area contributed by atoms with Gasteiger partial charge in [0.1, 0.15) is 18.1 Å². The van der Waals surface area contributed by atoms with Crippen LogP contribution in [0.25, 0.3) is 5.70 Å². The molecule has 4 aliphatic rings. The molecule has 3 atom stereocenters. The summed E-state index contributed by atoms with van der Waals surface area (Å²) in [6.07, 6.45) is 14.7. The molecule has 1 aliphatic carbocycles. The summed E-state index contributed by atoms with van der Waals surface area (Å²) in [4.78, 5) is 0. The molecule has 104 valence electrons. The summed E-state index contributed by atoms with van der Waals surface area (Å²) < 4.78 is 8.53. The van der Waals surface area contributed by atoms with Gasteiger partial charge in [-0.1, -0.05) is 25.2 Å². The maximum atomic E-state index is 6.12. The third kappa shape index (κ3) is 1.56. The third-order valence-electron chi connectivity index (χ3n) is 4.99. The van der Waals surface area contributed by atoms with Crippen molar-refractivity contribution in [3.8, 4) is 5.75 Å². The van der Waals surface area contributed by atoms with Crippen molar-refractivity contribution in [1.29, 1.82) is 0 Å². The van der Waals surface area contributed by atoms with E-state index in [2.05, 4.69) is 60.2 Å². The van der Waals surface area contributed by atoms with Crippen LogP contribution in [0.1, 0.15) is 36.0 Å². The van der Waals surface area contributed by atoms with Gasteiger partial charge >= 0.3 is 0 Å². The van der Waals surface area contributed by atoms with Gasteiger partial charge in [-0.25, -0.2) is 0 Å². The van der Waals surface area contributed by atoms with Gasteiger partial charge in [0.05, 0.1) is 5.56 Å². The Morgan fingerprint density at radius 3 is 3.05 bits per heavy atom. The Hall–Kier alpha value is -2.09. The molecule has 0 bridgehead atoms. The highest BCUT2D eigenvalue weighted by Crippen LogP contribution is 2.45. The van der Waals surface area contributed by atoms with Crippen LogP contribution in [0.2, 0.25) is 0 Å². The number of hydrogen-bond donors (Lipinski definition) is 0. The summed E-state index contributed by atoms with van der Waals surface area (Å²) in [7, 11) is 0. The van der Waals surface area contributed by atoms with Gasteiger partial charge in [0.15, 0.2) is 6.54 Å². The van der Waals surface area contributed by atoms with E-state index in [4.69, 9.17) is 4.74 Å². The van der Waals surface area contributed by atoms with Crippen LogP contribution in [-0.4, -0.2) is 16.9 Å². The van der Waals surface area contributed by atoms with Crippen LogP contribution in [-0.2, 0) is 6.54 Å². The molecule has 0 aromatic heterocycles. The molecule has 0 radical (unpaired) electrons. The first-order chi connectivity index (χ1) is 10.3. The van der Waals surface area contributed by atoms with Crippen molar-refractivity contribution in [3.05, 3.63) is 59.2 Å². The van der Waals surface area contributed by atoms with Crippen molar-refractivity contribution in [2.75, 3.05) is 0 Å². The molecular formula is C19H18NO+. The van der Waals surface area contributed by atoms with Crippen LogP contribution in [0.4, 0.5) is 0 Å². The van der Waals surface area contributed by atoms with E-state index >= 15 is 0 Å². The molecule has 0 saturated heterocycles. The van der Waals surface area contributed by atoms with E-state index in [1.54, 1.807) is 0 Å². The van der Waals surface area contributed by atoms with Crippen LogP contribution >= 0.6 is 0 Å². The van der Waals surface area contributed by atoms with E-state index in [0.29, 0.717) is 11.8 Å².